The van der Waals surface area contributed by atoms with Crippen LogP contribution in [0.5, 0.6) is 0 Å². The molecule has 2 aromatic carbocycles. The quantitative estimate of drug-likeness (QED) is 0.807. The first-order chi connectivity index (χ1) is 11.2. The Hall–Kier alpha value is -2.36. The molecule has 1 fully saturated rings. The van der Waals surface area contributed by atoms with Gasteiger partial charge in [0.05, 0.1) is 17.9 Å². The highest BCUT2D eigenvalue weighted by atomic mass is 16.5. The van der Waals surface area contributed by atoms with Crippen LogP contribution < -0.4 is 4.90 Å². The van der Waals surface area contributed by atoms with E-state index in [0.717, 1.165) is 22.9 Å². The predicted octanol–water partition coefficient (Wildman–Crippen LogP) is 3.78. The van der Waals surface area contributed by atoms with Crippen molar-refractivity contribution >= 4 is 28.3 Å². The van der Waals surface area contributed by atoms with Crippen molar-refractivity contribution < 1.29 is 14.3 Å². The van der Waals surface area contributed by atoms with Gasteiger partial charge >= 0.3 is 5.97 Å². The summed E-state index contributed by atoms with van der Waals surface area (Å²) in [5, 5.41) is 1.75. The number of amides is 1. The minimum absolute atomic E-state index is 0.128. The normalized spacial score (nSPS) is 17.7. The summed E-state index contributed by atoms with van der Waals surface area (Å²) < 4.78 is 5.18. The first-order valence-electron chi connectivity index (χ1n) is 8.15. The van der Waals surface area contributed by atoms with E-state index >= 15 is 0 Å². The lowest BCUT2D eigenvalue weighted by molar-refractivity contribution is -0.117. The summed E-state index contributed by atoms with van der Waals surface area (Å²) in [4.78, 5) is 26.5. The zero-order valence-corrected chi connectivity index (χ0v) is 13.5. The minimum atomic E-state index is -0.343. The molecule has 1 unspecified atom stereocenters. The van der Waals surface area contributed by atoms with Crippen molar-refractivity contribution in [1.29, 1.82) is 0 Å². The average Bonchev–Trinajstić information content (AvgIpc) is 2.95. The van der Waals surface area contributed by atoms with Gasteiger partial charge in [0.2, 0.25) is 5.91 Å². The third-order valence-electron chi connectivity index (χ3n) is 4.45. The first kappa shape index (κ1) is 15.5. The molecule has 1 saturated heterocycles. The lowest BCUT2D eigenvalue weighted by Crippen LogP contribution is -2.25. The van der Waals surface area contributed by atoms with E-state index in [9.17, 15) is 9.59 Å². The highest BCUT2D eigenvalue weighted by Crippen LogP contribution is 2.34. The fraction of sp³-hybridized carbons (Fsp3) is 0.368. The third kappa shape index (κ3) is 2.81. The van der Waals surface area contributed by atoms with Gasteiger partial charge < -0.3 is 9.64 Å². The van der Waals surface area contributed by atoms with E-state index in [0.29, 0.717) is 31.1 Å². The maximum atomic E-state index is 12.4. The molecule has 4 nitrogen and oxygen atoms in total. The van der Waals surface area contributed by atoms with Crippen LogP contribution in [0.15, 0.2) is 36.4 Å². The second-order valence-electron chi connectivity index (χ2n) is 5.88. The summed E-state index contributed by atoms with van der Waals surface area (Å²) in [6.45, 7) is 4.94. The highest BCUT2D eigenvalue weighted by Gasteiger charge is 2.31. The van der Waals surface area contributed by atoms with E-state index < -0.39 is 0 Å². The van der Waals surface area contributed by atoms with Gasteiger partial charge in [-0.05, 0) is 30.4 Å². The van der Waals surface area contributed by atoms with Crippen molar-refractivity contribution in [2.24, 2.45) is 5.92 Å². The Morgan fingerprint density at radius 2 is 1.96 bits per heavy atom. The monoisotopic (exact) mass is 311 g/mol. The zero-order valence-electron chi connectivity index (χ0n) is 13.5. The van der Waals surface area contributed by atoms with Crippen LogP contribution in [0.1, 0.15) is 37.0 Å². The number of ether oxygens (including phenoxy) is 1. The van der Waals surface area contributed by atoms with Crippen molar-refractivity contribution in [2.45, 2.75) is 26.7 Å². The number of rotatable bonds is 4. The van der Waals surface area contributed by atoms with Gasteiger partial charge in [-0.1, -0.05) is 37.6 Å². The number of nitrogens with zero attached hydrogens (tertiary/aromatic N) is 1. The summed E-state index contributed by atoms with van der Waals surface area (Å²) in [6.07, 6.45) is 1.56. The van der Waals surface area contributed by atoms with Gasteiger partial charge in [-0.15, -0.1) is 0 Å². The summed E-state index contributed by atoms with van der Waals surface area (Å²) in [6, 6.07) is 11.4. The molecule has 4 heteroatoms. The van der Waals surface area contributed by atoms with Gasteiger partial charge in [-0.25, -0.2) is 4.79 Å². The van der Waals surface area contributed by atoms with E-state index in [1.165, 1.54) is 0 Å². The Morgan fingerprint density at radius 3 is 2.61 bits per heavy atom. The molecule has 0 bridgehead atoms. The molecule has 0 saturated carbocycles. The molecule has 3 rings (SSSR count). The number of benzene rings is 2. The number of fused-ring (bicyclic) bond motifs is 1. The topological polar surface area (TPSA) is 46.6 Å². The maximum Gasteiger partial charge on any atom is 0.338 e. The van der Waals surface area contributed by atoms with Crippen LogP contribution in [0.2, 0.25) is 0 Å². The molecule has 0 aliphatic carbocycles. The lowest BCUT2D eigenvalue weighted by atomic mass is 10.0. The highest BCUT2D eigenvalue weighted by molar-refractivity contribution is 6.13. The smallest absolute Gasteiger partial charge is 0.338 e. The Bertz CT molecular complexity index is 748. The average molecular weight is 311 g/mol. The molecule has 1 heterocycles. The predicted molar refractivity (Wildman–Crippen MR) is 90.7 cm³/mol. The van der Waals surface area contributed by atoms with Crippen molar-refractivity contribution in [3.05, 3.63) is 42.0 Å². The minimum Gasteiger partial charge on any atom is -0.462 e. The van der Waals surface area contributed by atoms with Gasteiger partial charge in [0.1, 0.15) is 0 Å². The molecule has 0 radical (unpaired) electrons. The molecule has 23 heavy (non-hydrogen) atoms. The van der Waals surface area contributed by atoms with Gasteiger partial charge in [-0.2, -0.15) is 0 Å². The van der Waals surface area contributed by atoms with Gasteiger partial charge in [0.25, 0.3) is 0 Å². The van der Waals surface area contributed by atoms with Crippen LogP contribution in [-0.4, -0.2) is 25.0 Å². The van der Waals surface area contributed by atoms with Crippen molar-refractivity contribution in [1.82, 2.24) is 0 Å². The maximum absolute atomic E-state index is 12.4. The largest absolute Gasteiger partial charge is 0.462 e. The summed E-state index contributed by atoms with van der Waals surface area (Å²) >= 11 is 0. The third-order valence-corrected chi connectivity index (χ3v) is 4.45. The second kappa shape index (κ2) is 6.41. The van der Waals surface area contributed by atoms with E-state index in [1.807, 2.05) is 35.2 Å². The summed E-state index contributed by atoms with van der Waals surface area (Å²) in [7, 11) is 0. The fourth-order valence-electron chi connectivity index (χ4n) is 3.21. The van der Waals surface area contributed by atoms with Crippen molar-refractivity contribution in [3.63, 3.8) is 0 Å². The molecular formula is C19H21NO3. The molecule has 0 N–H and O–H groups in total. The number of carbonyl (C=O) groups excluding carboxylic acids is 2. The Kier molecular flexibility index (Phi) is 4.33. The van der Waals surface area contributed by atoms with E-state index in [2.05, 4.69) is 6.92 Å². The molecule has 1 atom stereocenters. The SMILES string of the molecule is CCOC(=O)c1cccc2cccc(N3CC(CC)CC3=O)c12. The van der Waals surface area contributed by atoms with Crippen LogP contribution in [0, 0.1) is 5.92 Å². The van der Waals surface area contributed by atoms with Crippen molar-refractivity contribution in [2.75, 3.05) is 18.1 Å². The van der Waals surface area contributed by atoms with E-state index in [1.54, 1.807) is 13.0 Å². The summed E-state index contributed by atoms with van der Waals surface area (Å²) in [5.41, 5.74) is 1.33. The molecule has 2 aromatic rings. The standard InChI is InChI=1S/C19H21NO3/c1-3-13-11-17(21)20(12-13)16-10-6-8-14-7-5-9-15(18(14)16)19(22)23-4-2/h5-10,13H,3-4,11-12H2,1-2H3. The van der Waals surface area contributed by atoms with Gasteiger partial charge in [0.15, 0.2) is 0 Å². The molecule has 1 aliphatic heterocycles. The Morgan fingerprint density at radius 1 is 1.22 bits per heavy atom. The van der Waals surface area contributed by atoms with Crippen LogP contribution in [0.4, 0.5) is 5.69 Å². The molecule has 1 amide bonds. The number of esters is 1. The van der Waals surface area contributed by atoms with Crippen LogP contribution in [0.3, 0.4) is 0 Å². The van der Waals surface area contributed by atoms with Gasteiger partial charge in [-0.3, -0.25) is 4.79 Å². The van der Waals surface area contributed by atoms with Crippen LogP contribution >= 0.6 is 0 Å². The van der Waals surface area contributed by atoms with Crippen LogP contribution in [-0.2, 0) is 9.53 Å². The molecule has 120 valence electrons. The van der Waals surface area contributed by atoms with Crippen LogP contribution in [0.25, 0.3) is 10.8 Å². The zero-order chi connectivity index (χ0) is 16.4. The second-order valence-corrected chi connectivity index (χ2v) is 5.88. The Balaban J connectivity index is 2.14. The molecule has 0 spiro atoms. The molecule has 0 aromatic heterocycles. The molecular weight excluding hydrogens is 290 g/mol. The number of carbonyl (C=O) groups is 2. The summed E-state index contributed by atoms with van der Waals surface area (Å²) in [5.74, 6) is 0.166. The fourth-order valence-corrected chi connectivity index (χ4v) is 3.21. The molecule has 1 aliphatic rings. The first-order valence-corrected chi connectivity index (χ1v) is 8.15. The number of hydrogen-bond donors (Lipinski definition) is 0. The van der Waals surface area contributed by atoms with Crippen molar-refractivity contribution in [3.8, 4) is 0 Å². The lowest BCUT2D eigenvalue weighted by Gasteiger charge is -2.20. The van der Waals surface area contributed by atoms with Gasteiger partial charge in [0, 0.05) is 18.4 Å². The van der Waals surface area contributed by atoms with E-state index in [4.69, 9.17) is 4.74 Å². The Labute approximate surface area is 136 Å². The number of hydrogen-bond acceptors (Lipinski definition) is 3. The number of anilines is 1. The van der Waals surface area contributed by atoms with E-state index in [-0.39, 0.29) is 11.9 Å².